The van der Waals surface area contributed by atoms with E-state index < -0.39 is 0 Å². The Hall–Kier alpha value is -2.17. The predicted molar refractivity (Wildman–Crippen MR) is 87.6 cm³/mol. The number of rotatable bonds is 2. The van der Waals surface area contributed by atoms with Crippen LogP contribution in [0.1, 0.15) is 11.3 Å². The third kappa shape index (κ3) is 2.40. The smallest absolute Gasteiger partial charge is 0.153 e. The molecule has 1 aromatic carbocycles. The standard InChI is InChI=1S/C16H10Cl2N4/c17-14-4-2-11-7-10(1-3-13(11)20-14)8-12-9-19-16-6-5-15(18)21-22(12)16/h1-7,9H,8H2. The normalized spacial score (nSPS) is 11.4. The van der Waals surface area contributed by atoms with Gasteiger partial charge in [-0.3, -0.25) is 0 Å². The van der Waals surface area contributed by atoms with Crippen LogP contribution in [-0.2, 0) is 6.42 Å². The van der Waals surface area contributed by atoms with Crippen LogP contribution < -0.4 is 0 Å². The van der Waals surface area contributed by atoms with Crippen LogP contribution in [0.25, 0.3) is 16.6 Å². The molecule has 3 heterocycles. The summed E-state index contributed by atoms with van der Waals surface area (Å²) >= 11 is 11.9. The Morgan fingerprint density at radius 3 is 2.73 bits per heavy atom. The van der Waals surface area contributed by atoms with Gasteiger partial charge >= 0.3 is 0 Å². The zero-order valence-corrected chi connectivity index (χ0v) is 12.9. The van der Waals surface area contributed by atoms with Crippen LogP contribution in [0.5, 0.6) is 0 Å². The number of nitrogens with zero attached hydrogens (tertiary/aromatic N) is 4. The van der Waals surface area contributed by atoms with E-state index in [1.165, 1.54) is 0 Å². The highest BCUT2D eigenvalue weighted by molar-refractivity contribution is 6.29. The minimum atomic E-state index is 0.448. The van der Waals surface area contributed by atoms with Gasteiger partial charge in [-0.25, -0.2) is 14.5 Å². The average molecular weight is 329 g/mol. The molecule has 0 atom stereocenters. The first-order valence-electron chi connectivity index (χ1n) is 6.73. The highest BCUT2D eigenvalue weighted by Crippen LogP contribution is 2.19. The molecule has 6 heteroatoms. The fourth-order valence-corrected chi connectivity index (χ4v) is 2.78. The van der Waals surface area contributed by atoms with Gasteiger partial charge in [0.05, 0.1) is 17.4 Å². The van der Waals surface area contributed by atoms with Gasteiger partial charge in [-0.05, 0) is 42.0 Å². The number of aromatic nitrogens is 4. The molecular weight excluding hydrogens is 319 g/mol. The van der Waals surface area contributed by atoms with Gasteiger partial charge in [-0.15, -0.1) is 0 Å². The number of imidazole rings is 1. The van der Waals surface area contributed by atoms with Gasteiger partial charge in [0.25, 0.3) is 0 Å². The highest BCUT2D eigenvalue weighted by atomic mass is 35.5. The maximum absolute atomic E-state index is 5.96. The summed E-state index contributed by atoms with van der Waals surface area (Å²) in [5.74, 6) is 0. The number of halogens is 2. The van der Waals surface area contributed by atoms with Crippen molar-refractivity contribution in [3.05, 3.63) is 70.2 Å². The summed E-state index contributed by atoms with van der Waals surface area (Å²) < 4.78 is 1.77. The molecule has 0 N–H and O–H groups in total. The summed E-state index contributed by atoms with van der Waals surface area (Å²) in [6.45, 7) is 0. The molecule has 0 saturated heterocycles. The molecule has 0 amide bonds. The fraction of sp³-hybridized carbons (Fsp3) is 0.0625. The number of hydrogen-bond acceptors (Lipinski definition) is 3. The van der Waals surface area contributed by atoms with E-state index in [0.29, 0.717) is 16.7 Å². The van der Waals surface area contributed by atoms with Crippen LogP contribution >= 0.6 is 23.2 Å². The molecule has 0 bridgehead atoms. The topological polar surface area (TPSA) is 43.1 Å². The molecule has 4 aromatic rings. The van der Waals surface area contributed by atoms with Gasteiger partial charge in [-0.1, -0.05) is 29.3 Å². The minimum absolute atomic E-state index is 0.448. The van der Waals surface area contributed by atoms with E-state index in [0.717, 1.165) is 27.8 Å². The number of benzene rings is 1. The van der Waals surface area contributed by atoms with E-state index in [9.17, 15) is 0 Å². The van der Waals surface area contributed by atoms with Gasteiger partial charge in [-0.2, -0.15) is 5.10 Å². The van der Waals surface area contributed by atoms with Gasteiger partial charge in [0.1, 0.15) is 10.3 Å². The Bertz CT molecular complexity index is 994. The summed E-state index contributed by atoms with van der Waals surface area (Å²) in [5, 5.41) is 6.30. The molecule has 0 aliphatic heterocycles. The lowest BCUT2D eigenvalue weighted by atomic mass is 10.1. The largest absolute Gasteiger partial charge is 0.236 e. The van der Waals surface area contributed by atoms with Crippen molar-refractivity contribution >= 4 is 39.8 Å². The quantitative estimate of drug-likeness (QED) is 0.518. The lowest BCUT2D eigenvalue weighted by Gasteiger charge is -2.04. The number of hydrogen-bond donors (Lipinski definition) is 0. The molecular formula is C16H10Cl2N4. The third-order valence-electron chi connectivity index (χ3n) is 3.51. The molecule has 0 aliphatic carbocycles. The van der Waals surface area contributed by atoms with Crippen LogP contribution in [0.4, 0.5) is 0 Å². The van der Waals surface area contributed by atoms with Crippen molar-refractivity contribution in [2.24, 2.45) is 0 Å². The van der Waals surface area contributed by atoms with Crippen LogP contribution in [0, 0.1) is 0 Å². The van der Waals surface area contributed by atoms with Crippen LogP contribution in [0.2, 0.25) is 10.3 Å². The van der Waals surface area contributed by atoms with Crippen molar-refractivity contribution in [1.29, 1.82) is 0 Å². The molecule has 0 spiro atoms. The van der Waals surface area contributed by atoms with E-state index in [1.807, 2.05) is 30.5 Å². The lowest BCUT2D eigenvalue weighted by molar-refractivity contribution is 0.872. The molecule has 22 heavy (non-hydrogen) atoms. The predicted octanol–water partition coefficient (Wildman–Crippen LogP) is 4.18. The van der Waals surface area contributed by atoms with Crippen molar-refractivity contribution in [2.75, 3.05) is 0 Å². The van der Waals surface area contributed by atoms with E-state index >= 15 is 0 Å². The summed E-state index contributed by atoms with van der Waals surface area (Å²) in [6, 6.07) is 13.5. The molecule has 0 radical (unpaired) electrons. The summed E-state index contributed by atoms with van der Waals surface area (Å²) in [6.07, 6.45) is 2.54. The Balaban J connectivity index is 1.75. The van der Waals surface area contributed by atoms with Crippen LogP contribution in [0.15, 0.2) is 48.7 Å². The maximum atomic E-state index is 5.96. The molecule has 0 saturated carbocycles. The van der Waals surface area contributed by atoms with Crippen molar-refractivity contribution in [3.8, 4) is 0 Å². The second-order valence-corrected chi connectivity index (χ2v) is 5.79. The van der Waals surface area contributed by atoms with Gasteiger partial charge < -0.3 is 0 Å². The summed E-state index contributed by atoms with van der Waals surface area (Å²) in [4.78, 5) is 8.64. The first-order chi connectivity index (χ1) is 10.7. The first kappa shape index (κ1) is 13.5. The maximum Gasteiger partial charge on any atom is 0.153 e. The Labute approximate surface area is 136 Å². The van der Waals surface area contributed by atoms with E-state index in [4.69, 9.17) is 23.2 Å². The van der Waals surface area contributed by atoms with Gasteiger partial charge in [0, 0.05) is 11.8 Å². The second-order valence-electron chi connectivity index (χ2n) is 5.01. The summed E-state index contributed by atoms with van der Waals surface area (Å²) in [7, 11) is 0. The lowest BCUT2D eigenvalue weighted by Crippen LogP contribution is -1.98. The second kappa shape index (κ2) is 5.23. The van der Waals surface area contributed by atoms with Crippen molar-refractivity contribution in [2.45, 2.75) is 6.42 Å². The molecule has 0 unspecified atom stereocenters. The van der Waals surface area contributed by atoms with Gasteiger partial charge in [0.15, 0.2) is 5.65 Å². The van der Waals surface area contributed by atoms with Crippen molar-refractivity contribution in [3.63, 3.8) is 0 Å². The van der Waals surface area contributed by atoms with Crippen LogP contribution in [0.3, 0.4) is 0 Å². The van der Waals surface area contributed by atoms with Crippen LogP contribution in [-0.4, -0.2) is 19.6 Å². The van der Waals surface area contributed by atoms with Crippen molar-refractivity contribution in [1.82, 2.24) is 19.6 Å². The zero-order chi connectivity index (χ0) is 15.1. The molecule has 4 nitrogen and oxygen atoms in total. The minimum Gasteiger partial charge on any atom is -0.236 e. The summed E-state index contributed by atoms with van der Waals surface area (Å²) in [5.41, 5.74) is 3.81. The zero-order valence-electron chi connectivity index (χ0n) is 11.4. The number of pyridine rings is 1. The first-order valence-corrected chi connectivity index (χ1v) is 7.49. The molecule has 0 fully saturated rings. The average Bonchev–Trinajstić information content (AvgIpc) is 2.90. The van der Waals surface area contributed by atoms with Gasteiger partial charge in [0.2, 0.25) is 0 Å². The Morgan fingerprint density at radius 2 is 1.82 bits per heavy atom. The van der Waals surface area contributed by atoms with E-state index in [1.54, 1.807) is 16.6 Å². The Morgan fingerprint density at radius 1 is 0.955 bits per heavy atom. The number of fused-ring (bicyclic) bond motifs is 2. The highest BCUT2D eigenvalue weighted by Gasteiger charge is 2.07. The Kier molecular flexibility index (Phi) is 3.21. The molecule has 4 rings (SSSR count). The molecule has 108 valence electrons. The molecule has 3 aromatic heterocycles. The van der Waals surface area contributed by atoms with Crippen molar-refractivity contribution < 1.29 is 0 Å². The molecule has 0 aliphatic rings. The van der Waals surface area contributed by atoms with E-state index in [2.05, 4.69) is 21.1 Å². The van der Waals surface area contributed by atoms with E-state index in [-0.39, 0.29) is 0 Å². The SMILES string of the molecule is Clc1ccc2cc(Cc3cnc4ccc(Cl)nn34)ccc2n1. The third-order valence-corrected chi connectivity index (χ3v) is 3.92. The fourth-order valence-electron chi connectivity index (χ4n) is 2.49. The monoisotopic (exact) mass is 328 g/mol.